The van der Waals surface area contributed by atoms with E-state index in [2.05, 4.69) is 15.6 Å². The summed E-state index contributed by atoms with van der Waals surface area (Å²) in [5.74, 6) is -4.87. The van der Waals surface area contributed by atoms with Crippen LogP contribution in [0.1, 0.15) is 39.8 Å². The molecular formula is C25H23F3N4O3S. The fourth-order valence-corrected chi connectivity index (χ4v) is 4.74. The summed E-state index contributed by atoms with van der Waals surface area (Å²) >= 11 is 0.915. The van der Waals surface area contributed by atoms with Crippen molar-refractivity contribution in [3.8, 4) is 11.3 Å². The normalized spacial score (nSPS) is 15.4. The summed E-state index contributed by atoms with van der Waals surface area (Å²) in [7, 11) is 0. The molecule has 1 aliphatic rings. The zero-order valence-corrected chi connectivity index (χ0v) is 20.1. The lowest BCUT2D eigenvalue weighted by Crippen LogP contribution is -2.35. The van der Waals surface area contributed by atoms with Crippen LogP contribution in [0.3, 0.4) is 0 Å². The maximum atomic E-state index is 13.7. The van der Waals surface area contributed by atoms with Gasteiger partial charge in [0, 0.05) is 36.6 Å². The maximum Gasteiger partial charge on any atom is 0.267 e. The predicted molar refractivity (Wildman–Crippen MR) is 130 cm³/mol. The zero-order valence-electron chi connectivity index (χ0n) is 19.3. The Morgan fingerprint density at radius 2 is 1.81 bits per heavy atom. The third kappa shape index (κ3) is 6.09. The molecule has 0 aliphatic carbocycles. The average molecular weight is 517 g/mol. The van der Waals surface area contributed by atoms with Gasteiger partial charge in [-0.2, -0.15) is 0 Å². The summed E-state index contributed by atoms with van der Waals surface area (Å²) in [5.41, 5.74) is 1.17. The van der Waals surface area contributed by atoms with Crippen LogP contribution in [-0.4, -0.2) is 52.7 Å². The highest BCUT2D eigenvalue weighted by Gasteiger charge is 2.41. The minimum atomic E-state index is -2.93. The Labute approximate surface area is 209 Å². The molecule has 188 valence electrons. The van der Waals surface area contributed by atoms with E-state index in [-0.39, 0.29) is 28.5 Å². The topological polar surface area (TPSA) is 91.4 Å². The van der Waals surface area contributed by atoms with E-state index in [4.69, 9.17) is 0 Å². The molecule has 2 heterocycles. The standard InChI is InChI=1S/C25H23F3N4O3S/c1-15(29-22(34)17-7-9-18(26)10-8-17)13-19(33)30-24-31-20(16-5-3-2-4-6-16)21(36-24)23(35)32-12-11-25(27,28)14-32/h2-10,15H,11-14H2,1H3,(H,29,34)(H,30,31,33). The highest BCUT2D eigenvalue weighted by molar-refractivity contribution is 7.18. The van der Waals surface area contributed by atoms with Gasteiger partial charge in [-0.15, -0.1) is 0 Å². The van der Waals surface area contributed by atoms with E-state index in [1.807, 2.05) is 0 Å². The molecule has 7 nitrogen and oxygen atoms in total. The number of aromatic nitrogens is 1. The molecule has 0 spiro atoms. The fourth-order valence-electron chi connectivity index (χ4n) is 3.77. The van der Waals surface area contributed by atoms with Crippen molar-refractivity contribution in [2.24, 2.45) is 0 Å². The first-order valence-electron chi connectivity index (χ1n) is 11.2. The van der Waals surface area contributed by atoms with Gasteiger partial charge in [-0.3, -0.25) is 14.4 Å². The molecule has 0 saturated carbocycles. The van der Waals surface area contributed by atoms with Crippen LogP contribution in [0.15, 0.2) is 54.6 Å². The van der Waals surface area contributed by atoms with E-state index in [1.54, 1.807) is 37.3 Å². The number of likely N-dealkylation sites (tertiary alicyclic amines) is 1. The monoisotopic (exact) mass is 516 g/mol. The number of alkyl halides is 2. The molecule has 3 aromatic rings. The number of halogens is 3. The van der Waals surface area contributed by atoms with E-state index in [1.165, 1.54) is 24.3 Å². The molecule has 0 bridgehead atoms. The lowest BCUT2D eigenvalue weighted by molar-refractivity contribution is -0.116. The summed E-state index contributed by atoms with van der Waals surface area (Å²) in [6.45, 7) is 0.913. The Morgan fingerprint density at radius 3 is 2.44 bits per heavy atom. The third-order valence-corrected chi connectivity index (χ3v) is 6.51. The van der Waals surface area contributed by atoms with Gasteiger partial charge < -0.3 is 15.5 Å². The number of nitrogens with one attached hydrogen (secondary N) is 2. The number of rotatable bonds is 7. The van der Waals surface area contributed by atoms with Crippen molar-refractivity contribution in [3.05, 3.63) is 70.9 Å². The van der Waals surface area contributed by atoms with Gasteiger partial charge in [-0.05, 0) is 31.2 Å². The smallest absolute Gasteiger partial charge is 0.267 e. The van der Waals surface area contributed by atoms with Crippen LogP contribution >= 0.6 is 11.3 Å². The van der Waals surface area contributed by atoms with Crippen LogP contribution in [0.5, 0.6) is 0 Å². The van der Waals surface area contributed by atoms with Gasteiger partial charge in [-0.1, -0.05) is 41.7 Å². The largest absolute Gasteiger partial charge is 0.349 e. The van der Waals surface area contributed by atoms with E-state index >= 15 is 0 Å². The maximum absolute atomic E-state index is 13.7. The summed E-state index contributed by atoms with van der Waals surface area (Å²) < 4.78 is 40.5. The molecule has 11 heteroatoms. The van der Waals surface area contributed by atoms with Crippen molar-refractivity contribution in [1.29, 1.82) is 0 Å². The first kappa shape index (κ1) is 25.4. The van der Waals surface area contributed by atoms with Crippen LogP contribution in [0.2, 0.25) is 0 Å². The molecule has 2 N–H and O–H groups in total. The highest BCUT2D eigenvalue weighted by atomic mass is 32.1. The molecular weight excluding hydrogens is 493 g/mol. The fraction of sp³-hybridized carbons (Fsp3) is 0.280. The molecule has 1 fully saturated rings. The van der Waals surface area contributed by atoms with Gasteiger partial charge in [0.15, 0.2) is 5.13 Å². The lowest BCUT2D eigenvalue weighted by atomic mass is 10.1. The van der Waals surface area contributed by atoms with Gasteiger partial charge >= 0.3 is 0 Å². The number of anilines is 1. The first-order chi connectivity index (χ1) is 17.1. The molecule has 1 unspecified atom stereocenters. The first-order valence-corrected chi connectivity index (χ1v) is 12.0. The van der Waals surface area contributed by atoms with Crippen LogP contribution in [0.4, 0.5) is 18.3 Å². The second-order valence-corrected chi connectivity index (χ2v) is 9.53. The second-order valence-electron chi connectivity index (χ2n) is 8.53. The summed E-state index contributed by atoms with van der Waals surface area (Å²) in [4.78, 5) is 43.6. The molecule has 4 rings (SSSR count). The second kappa shape index (κ2) is 10.5. The number of carbonyl (C=O) groups is 3. The molecule has 1 atom stereocenters. The minimum Gasteiger partial charge on any atom is -0.349 e. The molecule has 36 heavy (non-hydrogen) atoms. The zero-order chi connectivity index (χ0) is 25.9. The van der Waals surface area contributed by atoms with Crippen molar-refractivity contribution in [3.63, 3.8) is 0 Å². The Balaban J connectivity index is 1.46. The van der Waals surface area contributed by atoms with Crippen molar-refractivity contribution in [2.45, 2.75) is 31.7 Å². The minimum absolute atomic E-state index is 0.0646. The van der Waals surface area contributed by atoms with Crippen molar-refractivity contribution >= 4 is 34.2 Å². The van der Waals surface area contributed by atoms with E-state index < -0.39 is 48.5 Å². The summed E-state index contributed by atoms with van der Waals surface area (Å²) in [6.07, 6.45) is -0.488. The Bertz CT molecular complexity index is 1270. The lowest BCUT2D eigenvalue weighted by Gasteiger charge is -2.15. The Hall–Kier alpha value is -3.73. The van der Waals surface area contributed by atoms with Crippen molar-refractivity contribution < 1.29 is 27.6 Å². The van der Waals surface area contributed by atoms with Gasteiger partial charge in [0.1, 0.15) is 10.7 Å². The van der Waals surface area contributed by atoms with Crippen LogP contribution in [0, 0.1) is 5.82 Å². The Kier molecular flexibility index (Phi) is 7.39. The van der Waals surface area contributed by atoms with Crippen molar-refractivity contribution in [2.75, 3.05) is 18.4 Å². The number of amides is 3. The van der Waals surface area contributed by atoms with Crippen molar-refractivity contribution in [1.82, 2.24) is 15.2 Å². The van der Waals surface area contributed by atoms with Crippen LogP contribution in [0.25, 0.3) is 11.3 Å². The number of thiazole rings is 1. The number of benzene rings is 2. The van der Waals surface area contributed by atoms with Gasteiger partial charge in [0.05, 0.1) is 12.2 Å². The number of hydrogen-bond acceptors (Lipinski definition) is 5. The SMILES string of the molecule is CC(CC(=O)Nc1nc(-c2ccccc2)c(C(=O)N2CCC(F)(F)C2)s1)NC(=O)c1ccc(F)cc1. The molecule has 1 saturated heterocycles. The number of nitrogens with zero attached hydrogens (tertiary/aromatic N) is 2. The molecule has 3 amide bonds. The molecule has 0 radical (unpaired) electrons. The molecule has 1 aliphatic heterocycles. The van der Waals surface area contributed by atoms with Gasteiger partial charge in [0.25, 0.3) is 17.7 Å². The van der Waals surface area contributed by atoms with Crippen LogP contribution < -0.4 is 10.6 Å². The van der Waals surface area contributed by atoms with Gasteiger partial charge in [0.2, 0.25) is 5.91 Å². The number of hydrogen-bond donors (Lipinski definition) is 2. The molecule has 2 aromatic carbocycles. The Morgan fingerprint density at radius 1 is 1.11 bits per heavy atom. The van der Waals surface area contributed by atoms with Crippen LogP contribution in [-0.2, 0) is 4.79 Å². The predicted octanol–water partition coefficient (Wildman–Crippen LogP) is 4.58. The summed E-state index contributed by atoms with van der Waals surface area (Å²) in [6, 6.07) is 13.3. The van der Waals surface area contributed by atoms with Gasteiger partial charge in [-0.25, -0.2) is 18.2 Å². The quantitative estimate of drug-likeness (QED) is 0.481. The van der Waals surface area contributed by atoms with E-state index in [9.17, 15) is 27.6 Å². The average Bonchev–Trinajstić information content (AvgIpc) is 3.42. The third-order valence-electron chi connectivity index (χ3n) is 5.55. The number of carbonyl (C=O) groups excluding carboxylic acids is 3. The highest BCUT2D eigenvalue weighted by Crippen LogP contribution is 2.35. The molecule has 1 aromatic heterocycles. The van der Waals surface area contributed by atoms with E-state index in [0.717, 1.165) is 16.2 Å². The summed E-state index contributed by atoms with van der Waals surface area (Å²) in [5, 5.41) is 5.44. The van der Waals surface area contributed by atoms with E-state index in [0.29, 0.717) is 11.3 Å².